The monoisotopic (exact) mass is 339 g/mol. The van der Waals surface area contributed by atoms with Crippen LogP contribution in [0.15, 0.2) is 30.5 Å². The molecule has 0 radical (unpaired) electrons. The van der Waals surface area contributed by atoms with Crippen molar-refractivity contribution in [1.29, 1.82) is 0 Å². The number of carbonyl (C=O) groups is 2. The van der Waals surface area contributed by atoms with E-state index in [-0.39, 0.29) is 17.9 Å². The van der Waals surface area contributed by atoms with Crippen molar-refractivity contribution in [2.75, 3.05) is 19.6 Å². The summed E-state index contributed by atoms with van der Waals surface area (Å²) in [6, 6.07) is 8.17. The van der Waals surface area contributed by atoms with Crippen molar-refractivity contribution in [1.82, 2.24) is 14.8 Å². The van der Waals surface area contributed by atoms with Crippen molar-refractivity contribution >= 4 is 22.7 Å². The van der Waals surface area contributed by atoms with E-state index in [1.54, 1.807) is 11.8 Å². The first-order chi connectivity index (χ1) is 12.1. The Hall–Kier alpha value is -2.30. The molecule has 2 aliphatic heterocycles. The summed E-state index contributed by atoms with van der Waals surface area (Å²) in [6.45, 7) is 3.85. The Kier molecular flexibility index (Phi) is 4.24. The third-order valence-electron chi connectivity index (χ3n) is 5.81. The molecule has 1 N–H and O–H groups in total. The normalized spacial score (nSPS) is 21.9. The van der Waals surface area contributed by atoms with Gasteiger partial charge in [0.25, 0.3) is 0 Å². The van der Waals surface area contributed by atoms with Gasteiger partial charge in [-0.1, -0.05) is 18.2 Å². The predicted molar refractivity (Wildman–Crippen MR) is 97.3 cm³/mol. The Balaban J connectivity index is 1.43. The van der Waals surface area contributed by atoms with Gasteiger partial charge in [-0.15, -0.1) is 0 Å². The first-order valence-corrected chi connectivity index (χ1v) is 9.27. The minimum absolute atomic E-state index is 0.0181. The summed E-state index contributed by atoms with van der Waals surface area (Å²) in [5.74, 6) is 0.655. The van der Waals surface area contributed by atoms with Crippen LogP contribution in [0.4, 0.5) is 0 Å². The Morgan fingerprint density at radius 1 is 1.08 bits per heavy atom. The third-order valence-corrected chi connectivity index (χ3v) is 5.81. The molecule has 0 saturated carbocycles. The quantitative estimate of drug-likeness (QED) is 0.915. The molecule has 3 heterocycles. The number of piperidine rings is 1. The molecule has 132 valence electrons. The maximum absolute atomic E-state index is 12.8. The summed E-state index contributed by atoms with van der Waals surface area (Å²) in [7, 11) is 0. The number of nitrogens with zero attached hydrogens (tertiary/aromatic N) is 2. The van der Waals surface area contributed by atoms with E-state index in [1.165, 1.54) is 16.5 Å². The number of fused-ring (bicyclic) bond motifs is 1. The van der Waals surface area contributed by atoms with Crippen LogP contribution in [-0.4, -0.2) is 52.3 Å². The molecule has 1 aromatic heterocycles. The van der Waals surface area contributed by atoms with Crippen molar-refractivity contribution in [2.45, 2.75) is 44.6 Å². The Labute approximate surface area is 148 Å². The molecular formula is C20H25N3O2. The van der Waals surface area contributed by atoms with Crippen molar-refractivity contribution < 1.29 is 9.59 Å². The lowest BCUT2D eigenvalue weighted by Crippen LogP contribution is -2.49. The maximum Gasteiger partial charge on any atom is 0.245 e. The number of para-hydroxylation sites is 1. The van der Waals surface area contributed by atoms with Crippen LogP contribution in [0, 0.1) is 0 Å². The van der Waals surface area contributed by atoms with Crippen LogP contribution in [0.25, 0.3) is 10.9 Å². The highest BCUT2D eigenvalue weighted by Gasteiger charge is 2.36. The zero-order valence-electron chi connectivity index (χ0n) is 14.7. The van der Waals surface area contributed by atoms with E-state index >= 15 is 0 Å². The predicted octanol–water partition coefficient (Wildman–Crippen LogP) is 2.88. The van der Waals surface area contributed by atoms with Gasteiger partial charge in [-0.05, 0) is 43.2 Å². The van der Waals surface area contributed by atoms with Gasteiger partial charge in [0.2, 0.25) is 11.8 Å². The molecule has 0 bridgehead atoms. The topological polar surface area (TPSA) is 56.4 Å². The largest absolute Gasteiger partial charge is 0.361 e. The molecule has 5 heteroatoms. The van der Waals surface area contributed by atoms with Crippen molar-refractivity contribution in [2.24, 2.45) is 0 Å². The van der Waals surface area contributed by atoms with E-state index in [1.807, 2.05) is 11.0 Å². The smallest absolute Gasteiger partial charge is 0.245 e. The number of hydrogen-bond donors (Lipinski definition) is 1. The zero-order valence-corrected chi connectivity index (χ0v) is 14.7. The lowest BCUT2D eigenvalue weighted by Gasteiger charge is -2.35. The summed E-state index contributed by atoms with van der Waals surface area (Å²) in [6.07, 6.45) is 5.84. The molecule has 2 saturated heterocycles. The molecule has 0 spiro atoms. The average molecular weight is 339 g/mol. The van der Waals surface area contributed by atoms with Crippen LogP contribution in [-0.2, 0) is 9.59 Å². The number of aromatic amines is 1. The molecule has 1 aromatic carbocycles. The molecule has 2 amide bonds. The van der Waals surface area contributed by atoms with Crippen molar-refractivity contribution in [3.05, 3.63) is 36.0 Å². The molecule has 1 unspecified atom stereocenters. The molecule has 0 aliphatic carbocycles. The van der Waals surface area contributed by atoms with Gasteiger partial charge in [0, 0.05) is 43.7 Å². The second-order valence-corrected chi connectivity index (χ2v) is 7.26. The molecule has 25 heavy (non-hydrogen) atoms. The minimum atomic E-state index is -0.234. The summed E-state index contributed by atoms with van der Waals surface area (Å²) in [4.78, 5) is 31.6. The van der Waals surface area contributed by atoms with Crippen LogP contribution in [0.5, 0.6) is 0 Å². The molecular weight excluding hydrogens is 314 g/mol. The number of likely N-dealkylation sites (tertiary alicyclic amines) is 2. The number of rotatable bonds is 2. The van der Waals surface area contributed by atoms with E-state index in [4.69, 9.17) is 0 Å². The fourth-order valence-corrected chi connectivity index (χ4v) is 4.45. The van der Waals surface area contributed by atoms with E-state index in [0.717, 1.165) is 45.3 Å². The van der Waals surface area contributed by atoms with Gasteiger partial charge in [0.05, 0.1) is 0 Å². The number of aromatic nitrogens is 1. The van der Waals surface area contributed by atoms with Gasteiger partial charge in [-0.2, -0.15) is 0 Å². The van der Waals surface area contributed by atoms with E-state index in [0.29, 0.717) is 5.92 Å². The lowest BCUT2D eigenvalue weighted by atomic mass is 9.89. The Bertz CT molecular complexity index is 789. The highest BCUT2D eigenvalue weighted by Crippen LogP contribution is 2.33. The number of amides is 2. The fraction of sp³-hybridized carbons (Fsp3) is 0.500. The molecule has 1 atom stereocenters. The fourth-order valence-electron chi connectivity index (χ4n) is 4.45. The van der Waals surface area contributed by atoms with Crippen molar-refractivity contribution in [3.63, 3.8) is 0 Å². The summed E-state index contributed by atoms with van der Waals surface area (Å²) in [5.41, 5.74) is 2.55. The van der Waals surface area contributed by atoms with Crippen LogP contribution in [0.1, 0.15) is 44.1 Å². The number of H-pyrrole nitrogens is 1. The van der Waals surface area contributed by atoms with E-state index in [9.17, 15) is 9.59 Å². The Morgan fingerprint density at radius 2 is 1.84 bits per heavy atom. The number of hydrogen-bond acceptors (Lipinski definition) is 2. The molecule has 4 rings (SSSR count). The standard InChI is InChI=1S/C20H25N3O2/c1-14(24)23-10-4-7-19(23)20(25)22-11-8-15(9-12-22)17-13-21-18-6-3-2-5-16(17)18/h2-3,5-6,13,15,19,21H,4,7-12H2,1H3. The van der Waals surface area contributed by atoms with Gasteiger partial charge in [-0.25, -0.2) is 0 Å². The van der Waals surface area contributed by atoms with Gasteiger partial charge >= 0.3 is 0 Å². The van der Waals surface area contributed by atoms with E-state index in [2.05, 4.69) is 29.4 Å². The van der Waals surface area contributed by atoms with Gasteiger partial charge in [0.15, 0.2) is 0 Å². The first-order valence-electron chi connectivity index (χ1n) is 9.27. The van der Waals surface area contributed by atoms with Crippen LogP contribution < -0.4 is 0 Å². The average Bonchev–Trinajstić information content (AvgIpc) is 3.28. The van der Waals surface area contributed by atoms with Crippen molar-refractivity contribution in [3.8, 4) is 0 Å². The van der Waals surface area contributed by atoms with E-state index < -0.39 is 0 Å². The highest BCUT2D eigenvalue weighted by molar-refractivity contribution is 5.88. The maximum atomic E-state index is 12.8. The third kappa shape index (κ3) is 2.92. The number of nitrogens with one attached hydrogen (secondary N) is 1. The molecule has 2 aliphatic rings. The zero-order chi connectivity index (χ0) is 17.4. The Morgan fingerprint density at radius 3 is 2.60 bits per heavy atom. The van der Waals surface area contributed by atoms with Crippen LogP contribution in [0.3, 0.4) is 0 Å². The number of carbonyl (C=O) groups excluding carboxylic acids is 2. The molecule has 2 aromatic rings. The van der Waals surface area contributed by atoms with Crippen LogP contribution in [0.2, 0.25) is 0 Å². The van der Waals surface area contributed by atoms with Gasteiger partial charge < -0.3 is 14.8 Å². The number of benzene rings is 1. The minimum Gasteiger partial charge on any atom is -0.361 e. The highest BCUT2D eigenvalue weighted by atomic mass is 16.2. The van der Waals surface area contributed by atoms with Crippen LogP contribution >= 0.6 is 0 Å². The molecule has 5 nitrogen and oxygen atoms in total. The molecule has 2 fully saturated rings. The lowest BCUT2D eigenvalue weighted by molar-refractivity contribution is -0.143. The first kappa shape index (κ1) is 16.2. The SMILES string of the molecule is CC(=O)N1CCCC1C(=O)N1CCC(c2c[nH]c3ccccc23)CC1. The summed E-state index contributed by atoms with van der Waals surface area (Å²) >= 11 is 0. The van der Waals surface area contributed by atoms with Gasteiger partial charge in [-0.3, -0.25) is 9.59 Å². The second kappa shape index (κ2) is 6.54. The summed E-state index contributed by atoms with van der Waals surface area (Å²) in [5, 5.41) is 1.30. The second-order valence-electron chi connectivity index (χ2n) is 7.26. The van der Waals surface area contributed by atoms with Gasteiger partial charge in [0.1, 0.15) is 6.04 Å². The summed E-state index contributed by atoms with van der Waals surface area (Å²) < 4.78 is 0.